The molecule has 0 saturated carbocycles. The lowest BCUT2D eigenvalue weighted by molar-refractivity contribution is -0.137. The molecule has 0 atom stereocenters. The van der Waals surface area contributed by atoms with E-state index in [9.17, 15) is 26.4 Å². The Hall–Kier alpha value is -3.24. The molecule has 3 rings (SSSR count). The number of hydrogen-bond donors (Lipinski definition) is 1. The summed E-state index contributed by atoms with van der Waals surface area (Å²) in [4.78, 5) is 12.8. The maximum absolute atomic E-state index is 13.8. The maximum atomic E-state index is 13.8. The van der Waals surface area contributed by atoms with Gasteiger partial charge in [-0.25, -0.2) is 8.42 Å². The van der Waals surface area contributed by atoms with Crippen molar-refractivity contribution in [2.24, 2.45) is 0 Å². The lowest BCUT2D eigenvalue weighted by Gasteiger charge is -2.26. The zero-order valence-corrected chi connectivity index (χ0v) is 21.5. The first-order chi connectivity index (χ1) is 16.7. The number of carbonyl (C=O) groups is 1. The number of alkyl halides is 3. The molecule has 1 N–H and O–H groups in total. The Bertz CT molecular complexity index is 1410. The van der Waals surface area contributed by atoms with E-state index in [1.165, 1.54) is 25.3 Å². The minimum absolute atomic E-state index is 0.0855. The van der Waals surface area contributed by atoms with Crippen molar-refractivity contribution in [3.05, 3.63) is 81.9 Å². The van der Waals surface area contributed by atoms with Gasteiger partial charge in [-0.3, -0.25) is 9.10 Å². The van der Waals surface area contributed by atoms with Gasteiger partial charge in [0.2, 0.25) is 5.91 Å². The molecule has 0 radical (unpaired) electrons. The number of nitrogens with zero attached hydrogens (tertiary/aromatic N) is 1. The van der Waals surface area contributed by atoms with Gasteiger partial charge in [0.05, 0.1) is 23.4 Å². The third kappa shape index (κ3) is 5.93. The summed E-state index contributed by atoms with van der Waals surface area (Å²) in [6.07, 6.45) is -4.73. The number of sulfonamides is 1. The third-order valence-electron chi connectivity index (χ3n) is 5.51. The molecule has 0 aliphatic heterocycles. The summed E-state index contributed by atoms with van der Waals surface area (Å²) in [6, 6.07) is 12.4. The van der Waals surface area contributed by atoms with Crippen LogP contribution in [0.4, 0.5) is 24.5 Å². The van der Waals surface area contributed by atoms with Crippen molar-refractivity contribution < 1.29 is 31.1 Å². The molecule has 0 saturated heterocycles. The zero-order chi connectivity index (χ0) is 26.8. The van der Waals surface area contributed by atoms with Crippen molar-refractivity contribution in [1.29, 1.82) is 0 Å². The van der Waals surface area contributed by atoms with Crippen molar-refractivity contribution in [3.63, 3.8) is 0 Å². The fourth-order valence-electron chi connectivity index (χ4n) is 3.45. The van der Waals surface area contributed by atoms with Gasteiger partial charge in [0.1, 0.15) is 17.2 Å². The predicted molar refractivity (Wildman–Crippen MR) is 133 cm³/mol. The summed E-state index contributed by atoms with van der Waals surface area (Å²) in [6.45, 7) is 4.66. The van der Waals surface area contributed by atoms with Gasteiger partial charge in [-0.2, -0.15) is 13.2 Å². The van der Waals surface area contributed by atoms with Gasteiger partial charge in [0.15, 0.2) is 0 Å². The van der Waals surface area contributed by atoms with E-state index in [2.05, 4.69) is 5.32 Å². The van der Waals surface area contributed by atoms with Crippen LogP contribution in [0.25, 0.3) is 0 Å². The molecule has 192 valence electrons. The van der Waals surface area contributed by atoms with Crippen LogP contribution >= 0.6 is 11.6 Å². The standard InChI is InChI=1S/C25H24ClF3N2O4S/c1-15-5-10-22(35-4)23(11-15)36(33,34)31(19-8-6-16(2)17(3)12-19)14-24(32)30-18-7-9-21(26)20(13-18)25(27,28)29/h5-13H,14H2,1-4H3,(H,30,32). The number of ether oxygens (including phenoxy) is 1. The average molecular weight is 541 g/mol. The molecule has 0 bridgehead atoms. The quantitative estimate of drug-likeness (QED) is 0.391. The van der Waals surface area contributed by atoms with Crippen LogP contribution in [0.5, 0.6) is 5.75 Å². The van der Waals surface area contributed by atoms with Crippen LogP contribution in [0.1, 0.15) is 22.3 Å². The summed E-state index contributed by atoms with van der Waals surface area (Å²) in [5.41, 5.74) is 1.27. The van der Waals surface area contributed by atoms with Crippen LogP contribution in [0.15, 0.2) is 59.5 Å². The zero-order valence-electron chi connectivity index (χ0n) is 19.9. The predicted octanol–water partition coefficient (Wildman–Crippen LogP) is 6.13. The Labute approximate surface area is 212 Å². The van der Waals surface area contributed by atoms with E-state index >= 15 is 0 Å². The number of carbonyl (C=O) groups excluding carboxylic acids is 1. The molecule has 11 heteroatoms. The molecule has 1 amide bonds. The van der Waals surface area contributed by atoms with Crippen LogP contribution < -0.4 is 14.4 Å². The fraction of sp³-hybridized carbons (Fsp3) is 0.240. The number of methoxy groups -OCH3 is 1. The number of hydrogen-bond acceptors (Lipinski definition) is 4. The highest BCUT2D eigenvalue weighted by atomic mass is 35.5. The largest absolute Gasteiger partial charge is 0.495 e. The molecule has 0 spiro atoms. The van der Waals surface area contributed by atoms with Crippen LogP contribution in [-0.2, 0) is 21.0 Å². The molecule has 0 aromatic heterocycles. The number of aryl methyl sites for hydroxylation is 3. The highest BCUT2D eigenvalue weighted by Crippen LogP contribution is 2.36. The van der Waals surface area contributed by atoms with Crippen LogP contribution in [0.2, 0.25) is 5.02 Å². The second-order valence-electron chi connectivity index (χ2n) is 8.18. The molecule has 0 fully saturated rings. The van der Waals surface area contributed by atoms with Gasteiger partial charge < -0.3 is 10.1 Å². The van der Waals surface area contributed by atoms with E-state index in [4.69, 9.17) is 16.3 Å². The molecule has 0 aliphatic carbocycles. The normalized spacial score (nSPS) is 11.8. The molecular formula is C25H24ClF3N2O4S. The topological polar surface area (TPSA) is 75.7 Å². The van der Waals surface area contributed by atoms with E-state index in [0.29, 0.717) is 11.6 Å². The third-order valence-corrected chi connectivity index (χ3v) is 7.63. The van der Waals surface area contributed by atoms with E-state index in [-0.39, 0.29) is 22.0 Å². The minimum atomic E-state index is -4.73. The highest BCUT2D eigenvalue weighted by molar-refractivity contribution is 7.93. The van der Waals surface area contributed by atoms with Crippen LogP contribution in [-0.4, -0.2) is 28.0 Å². The molecule has 3 aromatic carbocycles. The molecule has 0 heterocycles. The van der Waals surface area contributed by atoms with Gasteiger partial charge >= 0.3 is 6.18 Å². The van der Waals surface area contributed by atoms with Crippen LogP contribution in [0, 0.1) is 20.8 Å². The Kier molecular flexibility index (Phi) is 7.90. The monoisotopic (exact) mass is 540 g/mol. The van der Waals surface area contributed by atoms with E-state index < -0.39 is 39.2 Å². The summed E-state index contributed by atoms with van der Waals surface area (Å²) >= 11 is 5.65. The Morgan fingerprint density at radius 3 is 2.31 bits per heavy atom. The summed E-state index contributed by atoms with van der Waals surface area (Å²) in [5.74, 6) is -0.763. The highest BCUT2D eigenvalue weighted by Gasteiger charge is 2.34. The second kappa shape index (κ2) is 10.4. The van der Waals surface area contributed by atoms with Crippen molar-refractivity contribution in [1.82, 2.24) is 0 Å². The van der Waals surface area contributed by atoms with Crippen molar-refractivity contribution in [2.45, 2.75) is 31.8 Å². The SMILES string of the molecule is COc1ccc(C)cc1S(=O)(=O)N(CC(=O)Nc1ccc(Cl)c(C(F)(F)F)c1)c1ccc(C)c(C)c1. The Morgan fingerprint density at radius 2 is 1.69 bits per heavy atom. The van der Waals surface area contributed by atoms with Gasteiger partial charge in [-0.1, -0.05) is 23.7 Å². The molecule has 6 nitrogen and oxygen atoms in total. The number of rotatable bonds is 7. The summed E-state index contributed by atoms with van der Waals surface area (Å²) in [7, 11) is -3.00. The Morgan fingerprint density at radius 1 is 1.00 bits per heavy atom. The molecule has 3 aromatic rings. The fourth-order valence-corrected chi connectivity index (χ4v) is 5.33. The second-order valence-corrected chi connectivity index (χ2v) is 10.4. The molecule has 0 aliphatic rings. The van der Waals surface area contributed by atoms with Crippen molar-refractivity contribution >= 4 is 38.9 Å². The number of benzene rings is 3. The minimum Gasteiger partial charge on any atom is -0.495 e. The van der Waals surface area contributed by atoms with E-state index in [1.54, 1.807) is 38.1 Å². The maximum Gasteiger partial charge on any atom is 0.417 e. The smallest absolute Gasteiger partial charge is 0.417 e. The lowest BCUT2D eigenvalue weighted by Crippen LogP contribution is -2.38. The van der Waals surface area contributed by atoms with Crippen molar-refractivity contribution in [3.8, 4) is 5.75 Å². The van der Waals surface area contributed by atoms with Crippen molar-refractivity contribution in [2.75, 3.05) is 23.3 Å². The van der Waals surface area contributed by atoms with E-state index in [0.717, 1.165) is 21.5 Å². The molecular weight excluding hydrogens is 517 g/mol. The van der Waals surface area contributed by atoms with Gasteiger partial charge in [-0.05, 0) is 79.9 Å². The van der Waals surface area contributed by atoms with Crippen LogP contribution in [0.3, 0.4) is 0 Å². The average Bonchev–Trinajstić information content (AvgIpc) is 2.79. The molecule has 0 unspecified atom stereocenters. The first kappa shape index (κ1) is 27.3. The molecule has 36 heavy (non-hydrogen) atoms. The first-order valence-corrected chi connectivity index (χ1v) is 12.5. The summed E-state index contributed by atoms with van der Waals surface area (Å²) < 4.78 is 73.4. The number of nitrogens with one attached hydrogen (secondary N) is 1. The Balaban J connectivity index is 2.04. The lowest BCUT2D eigenvalue weighted by atomic mass is 10.1. The van der Waals surface area contributed by atoms with Gasteiger partial charge in [-0.15, -0.1) is 0 Å². The number of amides is 1. The number of halogens is 4. The van der Waals surface area contributed by atoms with Gasteiger partial charge in [0, 0.05) is 5.69 Å². The summed E-state index contributed by atoms with van der Waals surface area (Å²) in [5, 5.41) is 1.81. The van der Waals surface area contributed by atoms with E-state index in [1.807, 2.05) is 6.92 Å². The van der Waals surface area contributed by atoms with Gasteiger partial charge in [0.25, 0.3) is 10.0 Å². The first-order valence-electron chi connectivity index (χ1n) is 10.6. The number of anilines is 2.